The summed E-state index contributed by atoms with van der Waals surface area (Å²) in [5.41, 5.74) is 4.09. The van der Waals surface area contributed by atoms with Gasteiger partial charge in [0.25, 0.3) is 0 Å². The number of hydrogen-bond donors (Lipinski definition) is 1. The number of anilines is 2. The Kier molecular flexibility index (Phi) is 4.52. The van der Waals surface area contributed by atoms with Gasteiger partial charge in [-0.2, -0.15) is 0 Å². The van der Waals surface area contributed by atoms with Crippen LogP contribution in [0.25, 0.3) is 0 Å². The van der Waals surface area contributed by atoms with Gasteiger partial charge in [-0.25, -0.2) is 4.79 Å². The predicted octanol–water partition coefficient (Wildman–Crippen LogP) is 3.05. The Bertz CT molecular complexity index is 632. The fraction of sp³-hybridized carbons (Fsp3) is 0.312. The Morgan fingerprint density at radius 3 is 2.71 bits per heavy atom. The molecule has 1 heterocycles. The van der Waals surface area contributed by atoms with Crippen LogP contribution in [0.4, 0.5) is 11.4 Å². The molecule has 0 aliphatic rings. The number of nitrogens with zero attached hydrogens (tertiary/aromatic N) is 1. The van der Waals surface area contributed by atoms with E-state index in [9.17, 15) is 4.79 Å². The van der Waals surface area contributed by atoms with Crippen molar-refractivity contribution < 1.29 is 13.9 Å². The van der Waals surface area contributed by atoms with Crippen molar-refractivity contribution in [2.24, 2.45) is 0 Å². The number of esters is 1. The van der Waals surface area contributed by atoms with Crippen LogP contribution in [-0.4, -0.2) is 27.2 Å². The van der Waals surface area contributed by atoms with Crippen molar-refractivity contribution >= 4 is 17.3 Å². The van der Waals surface area contributed by atoms with E-state index in [1.165, 1.54) is 13.4 Å². The van der Waals surface area contributed by atoms with Gasteiger partial charge in [-0.15, -0.1) is 0 Å². The van der Waals surface area contributed by atoms with Crippen molar-refractivity contribution in [3.05, 3.63) is 47.4 Å². The monoisotopic (exact) mass is 288 g/mol. The molecule has 1 aromatic heterocycles. The lowest BCUT2D eigenvalue weighted by Gasteiger charge is -2.16. The fourth-order valence-electron chi connectivity index (χ4n) is 2.06. The van der Waals surface area contributed by atoms with Crippen molar-refractivity contribution in [3.8, 4) is 0 Å². The van der Waals surface area contributed by atoms with Gasteiger partial charge in [0.1, 0.15) is 0 Å². The minimum atomic E-state index is -0.462. The highest BCUT2D eigenvalue weighted by atomic mass is 16.5. The van der Waals surface area contributed by atoms with Crippen molar-refractivity contribution in [3.63, 3.8) is 0 Å². The quantitative estimate of drug-likeness (QED) is 0.857. The van der Waals surface area contributed by atoms with Gasteiger partial charge in [0.15, 0.2) is 0 Å². The van der Waals surface area contributed by atoms with Gasteiger partial charge in [0.2, 0.25) is 5.76 Å². The molecule has 5 nitrogen and oxygen atoms in total. The molecule has 112 valence electrons. The molecule has 0 radical (unpaired) electrons. The van der Waals surface area contributed by atoms with Crippen LogP contribution >= 0.6 is 0 Å². The minimum absolute atomic E-state index is 0.243. The molecule has 2 rings (SSSR count). The molecule has 0 aliphatic carbocycles. The first-order valence-electron chi connectivity index (χ1n) is 6.69. The zero-order valence-corrected chi connectivity index (χ0v) is 12.8. The van der Waals surface area contributed by atoms with E-state index < -0.39 is 5.97 Å². The number of carbonyl (C=O) groups is 1. The van der Waals surface area contributed by atoms with Crippen molar-refractivity contribution in [2.75, 3.05) is 31.4 Å². The zero-order valence-electron chi connectivity index (χ0n) is 12.8. The molecule has 0 fully saturated rings. The van der Waals surface area contributed by atoms with Gasteiger partial charge in [-0.05, 0) is 36.8 Å². The summed E-state index contributed by atoms with van der Waals surface area (Å²) in [6.07, 6.45) is 1.49. The van der Waals surface area contributed by atoms with Crippen LogP contribution in [0.2, 0.25) is 0 Å². The summed E-state index contributed by atoms with van der Waals surface area (Å²) in [6, 6.07) is 7.95. The van der Waals surface area contributed by atoms with Gasteiger partial charge in [0.05, 0.1) is 13.4 Å². The molecular formula is C16H20N2O3. The largest absolute Gasteiger partial charge is 0.463 e. The Morgan fingerprint density at radius 1 is 1.33 bits per heavy atom. The molecule has 2 aromatic rings. The van der Waals surface area contributed by atoms with E-state index in [2.05, 4.69) is 21.0 Å². The lowest BCUT2D eigenvalue weighted by atomic mass is 10.1. The third-order valence-corrected chi connectivity index (χ3v) is 3.31. The van der Waals surface area contributed by atoms with E-state index in [0.29, 0.717) is 6.54 Å². The molecule has 0 bridgehead atoms. The Balaban J connectivity index is 2.10. The van der Waals surface area contributed by atoms with Gasteiger partial charge in [0, 0.05) is 37.6 Å². The normalized spacial score (nSPS) is 10.3. The number of ether oxygens (including phenoxy) is 1. The maximum Gasteiger partial charge on any atom is 0.374 e. The predicted molar refractivity (Wildman–Crippen MR) is 82.9 cm³/mol. The van der Waals surface area contributed by atoms with Gasteiger partial charge in [-0.1, -0.05) is 0 Å². The molecule has 0 atom stereocenters. The first-order chi connectivity index (χ1) is 10.0. The van der Waals surface area contributed by atoms with Crippen molar-refractivity contribution in [1.82, 2.24) is 0 Å². The van der Waals surface area contributed by atoms with E-state index in [1.807, 2.05) is 33.2 Å². The smallest absolute Gasteiger partial charge is 0.374 e. The number of carbonyl (C=O) groups excluding carboxylic acids is 1. The van der Waals surface area contributed by atoms with Crippen molar-refractivity contribution in [1.29, 1.82) is 0 Å². The average Bonchev–Trinajstić information content (AvgIpc) is 2.93. The Morgan fingerprint density at radius 2 is 2.10 bits per heavy atom. The molecule has 21 heavy (non-hydrogen) atoms. The van der Waals surface area contributed by atoms with Crippen LogP contribution in [0.15, 0.2) is 34.9 Å². The molecule has 5 heteroatoms. The number of aryl methyl sites for hydroxylation is 1. The van der Waals surface area contributed by atoms with Crippen LogP contribution in [-0.2, 0) is 11.3 Å². The third kappa shape index (κ3) is 3.37. The summed E-state index contributed by atoms with van der Waals surface area (Å²) in [5.74, 6) is -0.218. The number of rotatable bonds is 5. The van der Waals surface area contributed by atoms with Crippen LogP contribution in [0.5, 0.6) is 0 Å². The van der Waals surface area contributed by atoms with Crippen molar-refractivity contribution in [2.45, 2.75) is 13.5 Å². The number of hydrogen-bond acceptors (Lipinski definition) is 5. The second kappa shape index (κ2) is 6.35. The molecule has 0 saturated carbocycles. The first kappa shape index (κ1) is 15.0. The molecule has 0 aliphatic heterocycles. The topological polar surface area (TPSA) is 54.7 Å². The molecule has 1 aromatic carbocycles. The fourth-order valence-corrected chi connectivity index (χ4v) is 2.06. The number of furan rings is 1. The van der Waals surface area contributed by atoms with Gasteiger partial charge < -0.3 is 19.4 Å². The van der Waals surface area contributed by atoms with Crippen LogP contribution in [0.3, 0.4) is 0 Å². The SMILES string of the molecule is COC(=O)c1occc1CNc1ccc(N(C)C)cc1C. The maximum absolute atomic E-state index is 11.5. The molecule has 0 saturated heterocycles. The summed E-state index contributed by atoms with van der Waals surface area (Å²) >= 11 is 0. The summed E-state index contributed by atoms with van der Waals surface area (Å²) < 4.78 is 9.85. The highest BCUT2D eigenvalue weighted by Crippen LogP contribution is 2.22. The summed E-state index contributed by atoms with van der Waals surface area (Å²) in [5, 5.41) is 3.31. The molecule has 1 N–H and O–H groups in total. The Labute approximate surface area is 124 Å². The lowest BCUT2D eigenvalue weighted by Crippen LogP contribution is -2.10. The van der Waals surface area contributed by atoms with Crippen LogP contribution < -0.4 is 10.2 Å². The highest BCUT2D eigenvalue weighted by Gasteiger charge is 2.15. The summed E-state index contributed by atoms with van der Waals surface area (Å²) in [4.78, 5) is 13.6. The second-order valence-corrected chi connectivity index (χ2v) is 5.01. The maximum atomic E-state index is 11.5. The summed E-state index contributed by atoms with van der Waals surface area (Å²) in [6.45, 7) is 2.55. The summed E-state index contributed by atoms with van der Waals surface area (Å²) in [7, 11) is 5.36. The third-order valence-electron chi connectivity index (χ3n) is 3.31. The molecule has 0 amide bonds. The number of methoxy groups -OCH3 is 1. The molecule has 0 spiro atoms. The highest BCUT2D eigenvalue weighted by molar-refractivity contribution is 5.87. The first-order valence-corrected chi connectivity index (χ1v) is 6.69. The van der Waals surface area contributed by atoms with E-state index in [-0.39, 0.29) is 5.76 Å². The lowest BCUT2D eigenvalue weighted by molar-refractivity contribution is 0.0563. The van der Waals surface area contributed by atoms with E-state index in [0.717, 1.165) is 22.5 Å². The minimum Gasteiger partial charge on any atom is -0.463 e. The molecule has 0 unspecified atom stereocenters. The second-order valence-electron chi connectivity index (χ2n) is 5.01. The number of nitrogens with one attached hydrogen (secondary N) is 1. The van der Waals surface area contributed by atoms with Crippen LogP contribution in [0.1, 0.15) is 21.7 Å². The average molecular weight is 288 g/mol. The van der Waals surface area contributed by atoms with E-state index >= 15 is 0 Å². The standard InChI is InChI=1S/C16H20N2O3/c1-11-9-13(18(2)3)5-6-14(11)17-10-12-7-8-21-15(12)16(19)20-4/h5-9,17H,10H2,1-4H3. The Hall–Kier alpha value is -2.43. The number of benzene rings is 1. The van der Waals surface area contributed by atoms with Crippen LogP contribution in [0, 0.1) is 6.92 Å². The zero-order chi connectivity index (χ0) is 15.4. The van der Waals surface area contributed by atoms with Gasteiger partial charge in [-0.3, -0.25) is 0 Å². The van der Waals surface area contributed by atoms with E-state index in [4.69, 9.17) is 4.42 Å². The molecular weight excluding hydrogens is 268 g/mol. The van der Waals surface area contributed by atoms with E-state index in [1.54, 1.807) is 6.07 Å². The van der Waals surface area contributed by atoms with Gasteiger partial charge >= 0.3 is 5.97 Å².